The molecule has 2 unspecified atom stereocenters. The van der Waals surface area contributed by atoms with Gasteiger partial charge >= 0.3 is 0 Å². The van der Waals surface area contributed by atoms with Crippen molar-refractivity contribution in [3.05, 3.63) is 36.5 Å². The summed E-state index contributed by atoms with van der Waals surface area (Å²) in [4.78, 5) is 12.2. The summed E-state index contributed by atoms with van der Waals surface area (Å²) in [6.07, 6.45) is 39.4. The quantitative estimate of drug-likeness (QED) is 0.0645. The Labute approximate surface area is 242 Å². The van der Waals surface area contributed by atoms with Gasteiger partial charge in [-0.1, -0.05) is 147 Å². The number of amides is 1. The van der Waals surface area contributed by atoms with Crippen LogP contribution < -0.4 is 5.32 Å². The molecule has 228 valence electrons. The van der Waals surface area contributed by atoms with E-state index in [1.54, 1.807) is 6.08 Å². The summed E-state index contributed by atoms with van der Waals surface area (Å²) in [5.41, 5.74) is 0. The zero-order valence-corrected chi connectivity index (χ0v) is 25.9. The lowest BCUT2D eigenvalue weighted by Gasteiger charge is -2.19. The largest absolute Gasteiger partial charge is 0.394 e. The molecule has 0 bridgehead atoms. The number of unbranched alkanes of at least 4 members (excludes halogenated alkanes) is 18. The van der Waals surface area contributed by atoms with Crippen molar-refractivity contribution in [1.82, 2.24) is 5.32 Å². The Hall–Kier alpha value is -1.39. The first-order valence-corrected chi connectivity index (χ1v) is 16.7. The molecule has 4 nitrogen and oxygen atoms in total. The van der Waals surface area contributed by atoms with Crippen LogP contribution >= 0.6 is 0 Å². The van der Waals surface area contributed by atoms with Crippen molar-refractivity contribution in [2.24, 2.45) is 0 Å². The maximum Gasteiger partial charge on any atom is 0.220 e. The molecule has 0 fully saturated rings. The van der Waals surface area contributed by atoms with Gasteiger partial charge in [-0.2, -0.15) is 0 Å². The maximum absolute atomic E-state index is 12.2. The smallest absolute Gasteiger partial charge is 0.220 e. The molecular weight excluding hydrogens is 482 g/mol. The second-order valence-corrected chi connectivity index (χ2v) is 11.2. The van der Waals surface area contributed by atoms with Crippen LogP contribution in [-0.4, -0.2) is 34.9 Å². The normalized spacial score (nSPS) is 13.6. The van der Waals surface area contributed by atoms with E-state index in [0.717, 1.165) is 38.5 Å². The minimum absolute atomic E-state index is 0.0855. The highest BCUT2D eigenvalue weighted by atomic mass is 16.3. The van der Waals surface area contributed by atoms with Crippen molar-refractivity contribution in [3.63, 3.8) is 0 Å². The third-order valence-electron chi connectivity index (χ3n) is 7.35. The van der Waals surface area contributed by atoms with Gasteiger partial charge in [0.2, 0.25) is 5.91 Å². The molecule has 0 spiro atoms. The Balaban J connectivity index is 3.72. The first-order valence-electron chi connectivity index (χ1n) is 16.7. The van der Waals surface area contributed by atoms with Gasteiger partial charge in [0.05, 0.1) is 18.8 Å². The van der Waals surface area contributed by atoms with Gasteiger partial charge in [-0.05, 0) is 44.9 Å². The van der Waals surface area contributed by atoms with Crippen LogP contribution in [0.5, 0.6) is 0 Å². The van der Waals surface area contributed by atoms with E-state index in [0.29, 0.717) is 6.42 Å². The fourth-order valence-corrected chi connectivity index (χ4v) is 4.74. The minimum Gasteiger partial charge on any atom is -0.394 e. The first-order chi connectivity index (χ1) is 19.2. The molecule has 0 saturated heterocycles. The van der Waals surface area contributed by atoms with Gasteiger partial charge in [-0.3, -0.25) is 4.79 Å². The number of aliphatic hydroxyl groups is 2. The molecule has 4 heteroatoms. The molecule has 0 saturated carbocycles. The van der Waals surface area contributed by atoms with E-state index in [2.05, 4.69) is 43.5 Å². The zero-order valence-electron chi connectivity index (χ0n) is 25.9. The molecule has 0 aromatic rings. The Kier molecular flexibility index (Phi) is 30.0. The Morgan fingerprint density at radius 1 is 0.590 bits per heavy atom. The number of carbonyl (C=O) groups is 1. The summed E-state index contributed by atoms with van der Waals surface area (Å²) in [5.74, 6) is -0.0855. The number of aliphatic hydroxyl groups excluding tert-OH is 2. The lowest BCUT2D eigenvalue weighted by Crippen LogP contribution is -2.45. The summed E-state index contributed by atoms with van der Waals surface area (Å²) >= 11 is 0. The minimum atomic E-state index is -0.863. The number of allylic oxidation sites excluding steroid dienone is 5. The molecule has 0 heterocycles. The van der Waals surface area contributed by atoms with E-state index in [1.807, 2.05) is 6.08 Å². The molecule has 0 radical (unpaired) electrons. The molecule has 0 aromatic heterocycles. The lowest BCUT2D eigenvalue weighted by molar-refractivity contribution is -0.123. The van der Waals surface area contributed by atoms with Crippen molar-refractivity contribution in [1.29, 1.82) is 0 Å². The van der Waals surface area contributed by atoms with Crippen molar-refractivity contribution in [2.75, 3.05) is 6.61 Å². The van der Waals surface area contributed by atoms with Gasteiger partial charge in [0, 0.05) is 6.42 Å². The molecule has 0 aliphatic rings. The topological polar surface area (TPSA) is 69.6 Å². The van der Waals surface area contributed by atoms with Crippen LogP contribution in [-0.2, 0) is 4.79 Å². The fraction of sp³-hybridized carbons (Fsp3) is 0.800. The average Bonchev–Trinajstić information content (AvgIpc) is 2.94. The second-order valence-electron chi connectivity index (χ2n) is 11.2. The van der Waals surface area contributed by atoms with Gasteiger partial charge in [0.25, 0.3) is 0 Å². The second kappa shape index (κ2) is 31.1. The summed E-state index contributed by atoms with van der Waals surface area (Å²) < 4.78 is 0. The molecule has 2 atom stereocenters. The Bertz CT molecular complexity index is 599. The van der Waals surface area contributed by atoms with Crippen LogP contribution in [0.3, 0.4) is 0 Å². The summed E-state index contributed by atoms with van der Waals surface area (Å²) in [7, 11) is 0. The molecular formula is C35H65NO3. The van der Waals surface area contributed by atoms with E-state index in [1.165, 1.54) is 103 Å². The number of hydrogen-bond acceptors (Lipinski definition) is 3. The highest BCUT2D eigenvalue weighted by molar-refractivity contribution is 5.76. The lowest BCUT2D eigenvalue weighted by atomic mass is 10.1. The molecule has 0 aliphatic heterocycles. The van der Waals surface area contributed by atoms with Crippen LogP contribution in [0, 0.1) is 0 Å². The molecule has 0 rings (SSSR count). The van der Waals surface area contributed by atoms with Crippen LogP contribution in [0.4, 0.5) is 0 Å². The van der Waals surface area contributed by atoms with E-state index in [9.17, 15) is 15.0 Å². The maximum atomic E-state index is 12.2. The van der Waals surface area contributed by atoms with E-state index in [4.69, 9.17) is 0 Å². The van der Waals surface area contributed by atoms with Gasteiger partial charge in [-0.15, -0.1) is 0 Å². The van der Waals surface area contributed by atoms with Gasteiger partial charge in [0.1, 0.15) is 0 Å². The van der Waals surface area contributed by atoms with Crippen molar-refractivity contribution >= 4 is 5.91 Å². The van der Waals surface area contributed by atoms with E-state index >= 15 is 0 Å². The monoisotopic (exact) mass is 547 g/mol. The van der Waals surface area contributed by atoms with Crippen molar-refractivity contribution in [3.8, 4) is 0 Å². The molecule has 0 aromatic carbocycles. The number of hydrogen-bond donors (Lipinski definition) is 3. The standard InChI is InChI=1S/C35H65NO3/c1-3-5-7-9-11-13-14-15-16-17-18-19-20-21-22-23-24-26-28-30-34(38)33(32-37)36-35(39)31-29-27-25-12-10-8-6-4-2/h18-19,22-23,28,30,33-34,37-38H,3-17,20-21,24-27,29,31-32H2,1-2H3,(H,36,39)/b19-18+,23-22+,30-28+. The number of rotatable bonds is 29. The molecule has 3 N–H and O–H groups in total. The molecule has 39 heavy (non-hydrogen) atoms. The van der Waals surface area contributed by atoms with Crippen LogP contribution in [0.15, 0.2) is 36.5 Å². The fourth-order valence-electron chi connectivity index (χ4n) is 4.74. The first kappa shape index (κ1) is 37.6. The zero-order chi connectivity index (χ0) is 28.7. The SMILES string of the molecule is CCCCCCCCCCC/C=C/CC/C=C/CC/C=C/C(O)C(CO)NC(=O)CCCCCCCCCC. The molecule has 0 aliphatic carbocycles. The number of nitrogens with one attached hydrogen (secondary N) is 1. The Morgan fingerprint density at radius 2 is 1.00 bits per heavy atom. The third kappa shape index (κ3) is 28.0. The van der Waals surface area contributed by atoms with Crippen molar-refractivity contribution < 1.29 is 15.0 Å². The summed E-state index contributed by atoms with van der Waals surface area (Å²) in [6, 6.07) is -0.638. The van der Waals surface area contributed by atoms with E-state index < -0.39 is 12.1 Å². The van der Waals surface area contributed by atoms with E-state index in [-0.39, 0.29) is 12.5 Å². The predicted molar refractivity (Wildman–Crippen MR) is 170 cm³/mol. The van der Waals surface area contributed by atoms with Crippen LogP contribution in [0.1, 0.15) is 162 Å². The highest BCUT2D eigenvalue weighted by Crippen LogP contribution is 2.12. The van der Waals surface area contributed by atoms with Gasteiger partial charge < -0.3 is 15.5 Å². The van der Waals surface area contributed by atoms with Crippen LogP contribution in [0.25, 0.3) is 0 Å². The Morgan fingerprint density at radius 3 is 1.49 bits per heavy atom. The number of carbonyl (C=O) groups excluding carboxylic acids is 1. The summed E-state index contributed by atoms with van der Waals surface area (Å²) in [6.45, 7) is 4.24. The molecule has 1 amide bonds. The third-order valence-corrected chi connectivity index (χ3v) is 7.35. The highest BCUT2D eigenvalue weighted by Gasteiger charge is 2.17. The summed E-state index contributed by atoms with van der Waals surface area (Å²) in [5, 5.41) is 22.7. The van der Waals surface area contributed by atoms with Gasteiger partial charge in [0.15, 0.2) is 0 Å². The van der Waals surface area contributed by atoms with Gasteiger partial charge in [-0.25, -0.2) is 0 Å². The predicted octanol–water partition coefficient (Wildman–Crippen LogP) is 9.51. The van der Waals surface area contributed by atoms with Crippen molar-refractivity contribution in [2.45, 2.75) is 174 Å². The average molecular weight is 548 g/mol. The van der Waals surface area contributed by atoms with Crippen LogP contribution in [0.2, 0.25) is 0 Å².